The molecule has 1 aromatic carbocycles. The van der Waals surface area contributed by atoms with E-state index in [2.05, 4.69) is 14.8 Å². The van der Waals surface area contributed by atoms with Crippen LogP contribution in [0.5, 0.6) is 0 Å². The van der Waals surface area contributed by atoms with Gasteiger partial charge in [0.2, 0.25) is 5.91 Å². The Kier molecular flexibility index (Phi) is 6.74. The average molecular weight is 311 g/mol. The van der Waals surface area contributed by atoms with Crippen molar-refractivity contribution in [3.05, 3.63) is 29.3 Å². The van der Waals surface area contributed by atoms with Crippen molar-refractivity contribution in [2.24, 2.45) is 0 Å². The van der Waals surface area contributed by atoms with Crippen LogP contribution >= 0.6 is 11.8 Å². The molecule has 7 heteroatoms. The van der Waals surface area contributed by atoms with E-state index < -0.39 is 11.9 Å². The van der Waals surface area contributed by atoms with Gasteiger partial charge in [-0.15, -0.1) is 0 Å². The molecule has 1 aromatic rings. The zero-order valence-corrected chi connectivity index (χ0v) is 12.9. The Labute approximate surface area is 127 Å². The molecule has 6 nitrogen and oxygen atoms in total. The van der Waals surface area contributed by atoms with E-state index in [9.17, 15) is 14.4 Å². The van der Waals surface area contributed by atoms with Crippen LogP contribution < -0.4 is 5.32 Å². The van der Waals surface area contributed by atoms with E-state index in [0.29, 0.717) is 17.9 Å². The third-order valence-electron chi connectivity index (χ3n) is 2.59. The molecule has 0 aromatic heterocycles. The van der Waals surface area contributed by atoms with Crippen LogP contribution in [0.4, 0.5) is 5.69 Å². The summed E-state index contributed by atoms with van der Waals surface area (Å²) in [5, 5.41) is 2.65. The SMILES string of the molecule is COC(=O)c1cc(NC(=O)CCSC)cc(C(=O)OC)c1. The standard InChI is InChI=1S/C14H17NO5S/c1-19-13(17)9-6-10(14(18)20-2)8-11(7-9)15-12(16)4-5-21-3/h6-8H,4-5H2,1-3H3,(H,15,16). The minimum absolute atomic E-state index is 0.167. The van der Waals surface area contributed by atoms with Crippen molar-refractivity contribution in [2.75, 3.05) is 31.5 Å². The molecule has 1 amide bonds. The smallest absolute Gasteiger partial charge is 0.337 e. The van der Waals surface area contributed by atoms with Gasteiger partial charge in [0.15, 0.2) is 0 Å². The van der Waals surface area contributed by atoms with Gasteiger partial charge in [-0.2, -0.15) is 11.8 Å². The van der Waals surface area contributed by atoms with Crippen LogP contribution in [0.1, 0.15) is 27.1 Å². The highest BCUT2D eigenvalue weighted by Crippen LogP contribution is 2.17. The maximum atomic E-state index is 11.7. The lowest BCUT2D eigenvalue weighted by atomic mass is 10.1. The summed E-state index contributed by atoms with van der Waals surface area (Å²) in [7, 11) is 2.48. The van der Waals surface area contributed by atoms with Crippen LogP contribution in [0.25, 0.3) is 0 Å². The number of hydrogen-bond acceptors (Lipinski definition) is 6. The summed E-state index contributed by atoms with van der Waals surface area (Å²) in [4.78, 5) is 34.9. The Morgan fingerprint density at radius 2 is 1.57 bits per heavy atom. The van der Waals surface area contributed by atoms with Crippen molar-refractivity contribution in [1.82, 2.24) is 0 Å². The third kappa shape index (κ3) is 5.11. The van der Waals surface area contributed by atoms with E-state index in [1.54, 1.807) is 11.8 Å². The average Bonchev–Trinajstić information content (AvgIpc) is 2.50. The highest BCUT2D eigenvalue weighted by atomic mass is 32.2. The van der Waals surface area contributed by atoms with E-state index in [0.717, 1.165) is 0 Å². The van der Waals surface area contributed by atoms with E-state index in [1.165, 1.54) is 32.4 Å². The first-order chi connectivity index (χ1) is 10.0. The summed E-state index contributed by atoms with van der Waals surface area (Å²) >= 11 is 1.55. The molecule has 114 valence electrons. The van der Waals surface area contributed by atoms with Gasteiger partial charge in [-0.05, 0) is 24.5 Å². The maximum Gasteiger partial charge on any atom is 0.337 e. The van der Waals surface area contributed by atoms with Crippen molar-refractivity contribution in [1.29, 1.82) is 0 Å². The third-order valence-corrected chi connectivity index (χ3v) is 3.20. The van der Waals surface area contributed by atoms with Crippen molar-refractivity contribution in [3.63, 3.8) is 0 Å². The molecule has 21 heavy (non-hydrogen) atoms. The summed E-state index contributed by atoms with van der Waals surface area (Å²) in [5.41, 5.74) is 0.686. The summed E-state index contributed by atoms with van der Waals surface area (Å²) in [6, 6.07) is 4.26. The molecule has 0 saturated carbocycles. The number of carbonyl (C=O) groups excluding carboxylic acids is 3. The second kappa shape index (κ2) is 8.31. The topological polar surface area (TPSA) is 81.7 Å². The fourth-order valence-electron chi connectivity index (χ4n) is 1.59. The first-order valence-electron chi connectivity index (χ1n) is 6.12. The fourth-order valence-corrected chi connectivity index (χ4v) is 1.98. The van der Waals surface area contributed by atoms with E-state index >= 15 is 0 Å². The van der Waals surface area contributed by atoms with Gasteiger partial charge in [-0.3, -0.25) is 4.79 Å². The highest BCUT2D eigenvalue weighted by molar-refractivity contribution is 7.98. The van der Waals surface area contributed by atoms with E-state index in [4.69, 9.17) is 0 Å². The van der Waals surface area contributed by atoms with Gasteiger partial charge < -0.3 is 14.8 Å². The molecule has 0 unspecified atom stereocenters. The maximum absolute atomic E-state index is 11.7. The molecule has 0 saturated heterocycles. The van der Waals surface area contributed by atoms with Crippen LogP contribution in [0.2, 0.25) is 0 Å². The number of ether oxygens (including phenoxy) is 2. The second-order valence-electron chi connectivity index (χ2n) is 4.07. The number of hydrogen-bond donors (Lipinski definition) is 1. The van der Waals surface area contributed by atoms with Crippen molar-refractivity contribution >= 4 is 35.3 Å². The normalized spacial score (nSPS) is 9.86. The molecule has 0 aliphatic carbocycles. The lowest BCUT2D eigenvalue weighted by molar-refractivity contribution is -0.115. The molecule has 1 N–H and O–H groups in total. The number of esters is 2. The minimum Gasteiger partial charge on any atom is -0.465 e. The van der Waals surface area contributed by atoms with Gasteiger partial charge >= 0.3 is 11.9 Å². The Morgan fingerprint density at radius 3 is 2.00 bits per heavy atom. The summed E-state index contributed by atoms with van der Waals surface area (Å²) in [5.74, 6) is -0.699. The molecule has 0 radical (unpaired) electrons. The van der Waals surface area contributed by atoms with Crippen molar-refractivity contribution in [3.8, 4) is 0 Å². The van der Waals surface area contributed by atoms with Crippen molar-refractivity contribution in [2.45, 2.75) is 6.42 Å². The number of benzene rings is 1. The number of anilines is 1. The molecule has 0 aliphatic heterocycles. The molecular formula is C14H17NO5S. The Bertz CT molecular complexity index is 510. The largest absolute Gasteiger partial charge is 0.465 e. The monoisotopic (exact) mass is 311 g/mol. The summed E-state index contributed by atoms with van der Waals surface area (Å²) in [6.07, 6.45) is 2.25. The molecule has 0 atom stereocenters. The molecule has 0 heterocycles. The number of nitrogens with one attached hydrogen (secondary N) is 1. The first kappa shape index (κ1) is 17.0. The second-order valence-corrected chi connectivity index (χ2v) is 5.06. The molecule has 0 bridgehead atoms. The van der Waals surface area contributed by atoms with Gasteiger partial charge in [0.05, 0.1) is 25.3 Å². The van der Waals surface area contributed by atoms with Crippen LogP contribution in [0, 0.1) is 0 Å². The number of amides is 1. The van der Waals surface area contributed by atoms with Crippen LogP contribution in [-0.2, 0) is 14.3 Å². The quantitative estimate of drug-likeness (QED) is 0.809. The predicted molar refractivity (Wildman–Crippen MR) is 80.7 cm³/mol. The Hall–Kier alpha value is -2.02. The molecular weight excluding hydrogens is 294 g/mol. The van der Waals surface area contributed by atoms with Crippen LogP contribution in [0.3, 0.4) is 0 Å². The fraction of sp³-hybridized carbons (Fsp3) is 0.357. The Balaban J connectivity index is 3.04. The Morgan fingerprint density at radius 1 is 1.05 bits per heavy atom. The van der Waals surface area contributed by atoms with Gasteiger partial charge in [0.25, 0.3) is 0 Å². The van der Waals surface area contributed by atoms with Crippen LogP contribution in [0.15, 0.2) is 18.2 Å². The predicted octanol–water partition coefficient (Wildman–Crippen LogP) is 1.95. The van der Waals surface area contributed by atoms with Gasteiger partial charge in [-0.1, -0.05) is 0 Å². The minimum atomic E-state index is -0.597. The van der Waals surface area contributed by atoms with Gasteiger partial charge in [-0.25, -0.2) is 9.59 Å². The first-order valence-corrected chi connectivity index (χ1v) is 7.51. The number of methoxy groups -OCH3 is 2. The zero-order chi connectivity index (χ0) is 15.8. The number of rotatable bonds is 6. The van der Waals surface area contributed by atoms with Crippen LogP contribution in [-0.4, -0.2) is 44.1 Å². The zero-order valence-electron chi connectivity index (χ0n) is 12.1. The molecule has 1 rings (SSSR count). The van der Waals surface area contributed by atoms with Crippen molar-refractivity contribution < 1.29 is 23.9 Å². The van der Waals surface area contributed by atoms with E-state index in [-0.39, 0.29) is 17.0 Å². The molecule has 0 spiro atoms. The van der Waals surface area contributed by atoms with Gasteiger partial charge in [0.1, 0.15) is 0 Å². The number of carbonyl (C=O) groups is 3. The highest BCUT2D eigenvalue weighted by Gasteiger charge is 2.14. The number of thioether (sulfide) groups is 1. The summed E-state index contributed by atoms with van der Waals surface area (Å²) < 4.78 is 9.24. The lowest BCUT2D eigenvalue weighted by Gasteiger charge is -2.09. The molecule has 0 fully saturated rings. The summed E-state index contributed by atoms with van der Waals surface area (Å²) in [6.45, 7) is 0. The van der Waals surface area contributed by atoms with E-state index in [1.807, 2.05) is 6.26 Å². The lowest BCUT2D eigenvalue weighted by Crippen LogP contribution is -2.14. The molecule has 0 aliphatic rings. The van der Waals surface area contributed by atoms with Gasteiger partial charge in [0, 0.05) is 17.9 Å².